The zero-order valence-electron chi connectivity index (χ0n) is 15.8. The summed E-state index contributed by atoms with van der Waals surface area (Å²) < 4.78 is 0. The van der Waals surface area contributed by atoms with E-state index in [1.807, 2.05) is 54.8 Å². The van der Waals surface area contributed by atoms with Gasteiger partial charge < -0.3 is 10.2 Å². The number of thiophene rings is 1. The molecule has 0 radical (unpaired) electrons. The average molecular weight is 398 g/mol. The second-order valence-electron chi connectivity index (χ2n) is 7.21. The molecule has 0 bridgehead atoms. The Morgan fingerprint density at radius 1 is 1.21 bits per heavy atom. The molecule has 1 N–H and O–H groups in total. The number of likely N-dealkylation sites (tertiary alicyclic amines) is 1. The van der Waals surface area contributed by atoms with Crippen molar-refractivity contribution in [3.05, 3.63) is 58.3 Å². The van der Waals surface area contributed by atoms with Crippen LogP contribution in [0.15, 0.2) is 47.8 Å². The second kappa shape index (κ2) is 7.39. The fourth-order valence-corrected chi connectivity index (χ4v) is 5.07. The van der Waals surface area contributed by atoms with Gasteiger partial charge in [-0.25, -0.2) is 4.79 Å². The fraction of sp³-hybridized carbons (Fsp3) is 0.381. The van der Waals surface area contributed by atoms with E-state index in [-0.39, 0.29) is 24.4 Å². The molecular formula is C21H23N3O3S. The van der Waals surface area contributed by atoms with Crippen molar-refractivity contribution in [2.75, 3.05) is 13.1 Å². The first-order valence-electron chi connectivity index (χ1n) is 9.59. The standard InChI is InChI=1S/C21H23N3O3S/c1-2-21(15-8-4-3-5-9-15)19(26)24(20(27)22-21)14-18(25)23-12-6-10-16(23)17-11-7-13-28-17/h3-5,7-9,11,13,16H,2,6,10,12,14H2,1H3,(H,22,27)/t16-,21-/m1/s1. The minimum Gasteiger partial charge on any atom is -0.333 e. The molecule has 2 aromatic rings. The first-order valence-corrected chi connectivity index (χ1v) is 10.5. The number of urea groups is 1. The Kier molecular flexibility index (Phi) is 4.93. The van der Waals surface area contributed by atoms with Gasteiger partial charge in [-0.1, -0.05) is 43.3 Å². The molecule has 2 fully saturated rings. The molecule has 28 heavy (non-hydrogen) atoms. The van der Waals surface area contributed by atoms with Crippen LogP contribution in [0, 0.1) is 0 Å². The molecule has 0 saturated carbocycles. The highest BCUT2D eigenvalue weighted by Crippen LogP contribution is 2.36. The zero-order valence-corrected chi connectivity index (χ0v) is 16.6. The van der Waals surface area contributed by atoms with Crippen molar-refractivity contribution >= 4 is 29.2 Å². The molecule has 7 heteroatoms. The van der Waals surface area contributed by atoms with E-state index in [1.165, 1.54) is 0 Å². The molecule has 4 rings (SSSR count). The Morgan fingerprint density at radius 2 is 2.00 bits per heavy atom. The molecule has 1 aromatic heterocycles. The van der Waals surface area contributed by atoms with E-state index in [4.69, 9.17) is 0 Å². The number of amides is 4. The molecule has 4 amide bonds. The number of rotatable bonds is 5. The van der Waals surface area contributed by atoms with E-state index >= 15 is 0 Å². The van der Waals surface area contributed by atoms with Crippen LogP contribution >= 0.6 is 11.3 Å². The minimum absolute atomic E-state index is 0.0401. The van der Waals surface area contributed by atoms with Gasteiger partial charge in [0.2, 0.25) is 5.91 Å². The lowest BCUT2D eigenvalue weighted by Crippen LogP contribution is -2.45. The van der Waals surface area contributed by atoms with Crippen LogP contribution in [-0.4, -0.2) is 40.7 Å². The van der Waals surface area contributed by atoms with E-state index < -0.39 is 11.6 Å². The lowest BCUT2D eigenvalue weighted by Gasteiger charge is -2.27. The van der Waals surface area contributed by atoms with Crippen LogP contribution in [0.3, 0.4) is 0 Å². The maximum absolute atomic E-state index is 13.2. The average Bonchev–Trinajstić information content (AvgIpc) is 3.44. The molecule has 0 aliphatic carbocycles. The van der Waals surface area contributed by atoms with Crippen molar-refractivity contribution < 1.29 is 14.4 Å². The monoisotopic (exact) mass is 397 g/mol. The molecule has 2 aliphatic rings. The molecule has 3 heterocycles. The molecule has 2 aliphatic heterocycles. The van der Waals surface area contributed by atoms with Crippen molar-refractivity contribution in [1.29, 1.82) is 0 Å². The highest BCUT2D eigenvalue weighted by Gasteiger charge is 2.52. The Morgan fingerprint density at radius 3 is 2.68 bits per heavy atom. The summed E-state index contributed by atoms with van der Waals surface area (Å²) in [6, 6.07) is 12.8. The number of imide groups is 1. The smallest absolute Gasteiger partial charge is 0.325 e. The van der Waals surface area contributed by atoms with Gasteiger partial charge in [0.25, 0.3) is 5.91 Å². The number of carbonyl (C=O) groups is 3. The van der Waals surface area contributed by atoms with Gasteiger partial charge >= 0.3 is 6.03 Å². The van der Waals surface area contributed by atoms with Gasteiger partial charge in [-0.15, -0.1) is 11.3 Å². The van der Waals surface area contributed by atoms with Crippen LogP contribution in [0.25, 0.3) is 0 Å². The lowest BCUT2D eigenvalue weighted by molar-refractivity contribution is -0.139. The summed E-state index contributed by atoms with van der Waals surface area (Å²) in [5, 5.41) is 4.84. The molecular weight excluding hydrogens is 374 g/mol. The van der Waals surface area contributed by atoms with Crippen LogP contribution < -0.4 is 5.32 Å². The van der Waals surface area contributed by atoms with Gasteiger partial charge in [0, 0.05) is 11.4 Å². The summed E-state index contributed by atoms with van der Waals surface area (Å²) in [5.41, 5.74) is -0.361. The largest absolute Gasteiger partial charge is 0.333 e. The van der Waals surface area contributed by atoms with Crippen LogP contribution in [0.5, 0.6) is 0 Å². The Labute approximate surface area is 168 Å². The molecule has 2 saturated heterocycles. The SMILES string of the molecule is CC[C@]1(c2ccccc2)NC(=O)N(CC(=O)N2CCC[C@@H]2c2cccs2)C1=O. The van der Waals surface area contributed by atoms with Crippen molar-refractivity contribution in [1.82, 2.24) is 15.1 Å². The quantitative estimate of drug-likeness (QED) is 0.788. The lowest BCUT2D eigenvalue weighted by atomic mass is 9.87. The Hall–Kier alpha value is -2.67. The third-order valence-corrected chi connectivity index (χ3v) is 6.68. The van der Waals surface area contributed by atoms with Crippen LogP contribution in [-0.2, 0) is 15.1 Å². The first-order chi connectivity index (χ1) is 13.6. The maximum Gasteiger partial charge on any atom is 0.325 e. The summed E-state index contributed by atoms with van der Waals surface area (Å²) in [4.78, 5) is 42.8. The number of hydrogen-bond acceptors (Lipinski definition) is 4. The van der Waals surface area contributed by atoms with Crippen LogP contribution in [0.1, 0.15) is 42.7 Å². The van der Waals surface area contributed by atoms with E-state index in [0.717, 1.165) is 28.2 Å². The Balaban J connectivity index is 1.54. The summed E-state index contributed by atoms with van der Waals surface area (Å²) in [6.07, 6.45) is 2.26. The third kappa shape index (κ3) is 2.99. The number of benzene rings is 1. The van der Waals surface area contributed by atoms with E-state index in [1.54, 1.807) is 16.2 Å². The zero-order chi connectivity index (χ0) is 19.7. The van der Waals surface area contributed by atoms with Gasteiger partial charge in [-0.2, -0.15) is 0 Å². The number of hydrogen-bond donors (Lipinski definition) is 1. The van der Waals surface area contributed by atoms with Crippen molar-refractivity contribution in [3.63, 3.8) is 0 Å². The normalized spacial score (nSPS) is 24.7. The van der Waals surface area contributed by atoms with Crippen molar-refractivity contribution in [2.45, 2.75) is 37.8 Å². The third-order valence-electron chi connectivity index (χ3n) is 5.71. The van der Waals surface area contributed by atoms with E-state index in [0.29, 0.717) is 13.0 Å². The Bertz CT molecular complexity index is 884. The van der Waals surface area contributed by atoms with Crippen LogP contribution in [0.2, 0.25) is 0 Å². The van der Waals surface area contributed by atoms with Gasteiger partial charge in [0.05, 0.1) is 6.04 Å². The van der Waals surface area contributed by atoms with Gasteiger partial charge in [0.1, 0.15) is 12.1 Å². The van der Waals surface area contributed by atoms with E-state index in [2.05, 4.69) is 5.32 Å². The fourth-order valence-electron chi connectivity index (χ4n) is 4.20. The van der Waals surface area contributed by atoms with Crippen LogP contribution in [0.4, 0.5) is 4.79 Å². The minimum atomic E-state index is -1.10. The van der Waals surface area contributed by atoms with Gasteiger partial charge in [0.15, 0.2) is 0 Å². The summed E-state index contributed by atoms with van der Waals surface area (Å²) >= 11 is 1.63. The molecule has 0 spiro atoms. The van der Waals surface area contributed by atoms with Crippen molar-refractivity contribution in [2.24, 2.45) is 0 Å². The molecule has 2 atom stereocenters. The van der Waals surface area contributed by atoms with Crippen molar-refractivity contribution in [3.8, 4) is 0 Å². The topological polar surface area (TPSA) is 69.7 Å². The molecule has 146 valence electrons. The van der Waals surface area contributed by atoms with Gasteiger partial charge in [-0.05, 0) is 36.3 Å². The maximum atomic E-state index is 13.2. The molecule has 6 nitrogen and oxygen atoms in total. The summed E-state index contributed by atoms with van der Waals surface area (Å²) in [5.74, 6) is -0.536. The number of carbonyl (C=O) groups excluding carboxylic acids is 3. The number of nitrogens with zero attached hydrogens (tertiary/aromatic N) is 2. The van der Waals surface area contributed by atoms with Gasteiger partial charge in [-0.3, -0.25) is 14.5 Å². The first kappa shape index (κ1) is 18.7. The predicted octanol–water partition coefficient (Wildman–Crippen LogP) is 3.27. The predicted molar refractivity (Wildman–Crippen MR) is 107 cm³/mol. The highest BCUT2D eigenvalue weighted by molar-refractivity contribution is 7.10. The van der Waals surface area contributed by atoms with E-state index in [9.17, 15) is 14.4 Å². The molecule has 0 unspecified atom stereocenters. The summed E-state index contributed by atoms with van der Waals surface area (Å²) in [7, 11) is 0. The number of nitrogens with one attached hydrogen (secondary N) is 1. The summed E-state index contributed by atoms with van der Waals surface area (Å²) in [6.45, 7) is 2.30. The second-order valence-corrected chi connectivity index (χ2v) is 8.19. The highest BCUT2D eigenvalue weighted by atomic mass is 32.1. The molecule has 1 aromatic carbocycles.